The molecule has 0 fully saturated rings. The third-order valence-electron chi connectivity index (χ3n) is 2.86. The Morgan fingerprint density at radius 1 is 1.33 bits per heavy atom. The normalized spacial score (nSPS) is 12.4. The maximum atomic E-state index is 11.8. The number of amides is 1. The van der Waals surface area contributed by atoms with E-state index >= 15 is 0 Å². The molecule has 0 bridgehead atoms. The van der Waals surface area contributed by atoms with Crippen LogP contribution >= 0.6 is 0 Å². The summed E-state index contributed by atoms with van der Waals surface area (Å²) in [6.07, 6.45) is 2.93. The number of carbonyl (C=O) groups excluding carboxylic acids is 1. The molecule has 1 amide bonds. The molecule has 1 atom stereocenters. The molecule has 1 aromatic carbocycles. The first-order chi connectivity index (χ1) is 9.95. The predicted octanol–water partition coefficient (Wildman–Crippen LogP) is 2.32. The predicted molar refractivity (Wildman–Crippen MR) is 81.0 cm³/mol. The minimum Gasteiger partial charge on any atom is -0.493 e. The van der Waals surface area contributed by atoms with Crippen molar-refractivity contribution in [2.45, 2.75) is 26.8 Å². The molecule has 0 saturated carbocycles. The molecule has 21 heavy (non-hydrogen) atoms. The third kappa shape index (κ3) is 5.30. The van der Waals surface area contributed by atoms with Crippen molar-refractivity contribution in [1.29, 1.82) is 0 Å². The minimum atomic E-state index is -1.04. The molecule has 0 spiro atoms. The fourth-order valence-corrected chi connectivity index (χ4v) is 1.79. The second-order valence-electron chi connectivity index (χ2n) is 4.87. The van der Waals surface area contributed by atoms with Gasteiger partial charge in [-0.05, 0) is 25.0 Å². The van der Waals surface area contributed by atoms with E-state index in [1.165, 1.54) is 6.08 Å². The lowest BCUT2D eigenvalue weighted by atomic mass is 10.0. The number of carbonyl (C=O) groups is 2. The number of para-hydroxylation sites is 1. The lowest BCUT2D eigenvalue weighted by molar-refractivity contribution is -0.142. The van der Waals surface area contributed by atoms with Crippen molar-refractivity contribution in [3.8, 4) is 5.75 Å². The average Bonchev–Trinajstić information content (AvgIpc) is 2.43. The second kappa shape index (κ2) is 8.09. The van der Waals surface area contributed by atoms with Gasteiger partial charge in [-0.3, -0.25) is 4.79 Å². The molecule has 1 rings (SSSR count). The van der Waals surface area contributed by atoms with E-state index in [4.69, 9.17) is 9.84 Å². The molecule has 5 nitrogen and oxygen atoms in total. The minimum absolute atomic E-state index is 0.185. The molecule has 1 aromatic rings. The first-order valence-corrected chi connectivity index (χ1v) is 6.89. The van der Waals surface area contributed by atoms with Crippen LogP contribution in [-0.4, -0.2) is 29.6 Å². The van der Waals surface area contributed by atoms with Gasteiger partial charge in [0.2, 0.25) is 5.91 Å². The van der Waals surface area contributed by atoms with Gasteiger partial charge in [0.15, 0.2) is 0 Å². The molecule has 0 aromatic heterocycles. The lowest BCUT2D eigenvalue weighted by Crippen LogP contribution is -2.43. The Labute approximate surface area is 124 Å². The highest BCUT2D eigenvalue weighted by Gasteiger charge is 2.22. The number of ether oxygens (including phenoxy) is 1. The van der Waals surface area contributed by atoms with Crippen LogP contribution in [-0.2, 0) is 9.59 Å². The van der Waals surface area contributed by atoms with Crippen molar-refractivity contribution in [2.24, 2.45) is 5.92 Å². The van der Waals surface area contributed by atoms with Crippen molar-refractivity contribution in [3.63, 3.8) is 0 Å². The van der Waals surface area contributed by atoms with E-state index in [0.717, 1.165) is 5.56 Å². The molecule has 0 radical (unpaired) electrons. The fraction of sp³-hybridized carbons (Fsp3) is 0.375. The van der Waals surface area contributed by atoms with Gasteiger partial charge < -0.3 is 15.2 Å². The summed E-state index contributed by atoms with van der Waals surface area (Å²) in [7, 11) is 0. The Morgan fingerprint density at radius 3 is 2.57 bits per heavy atom. The molecule has 114 valence electrons. The van der Waals surface area contributed by atoms with E-state index in [-0.39, 0.29) is 5.92 Å². The lowest BCUT2D eigenvalue weighted by Gasteiger charge is -2.16. The van der Waals surface area contributed by atoms with Crippen molar-refractivity contribution in [3.05, 3.63) is 35.9 Å². The Kier molecular flexibility index (Phi) is 6.46. The SMILES string of the molecule is CCOc1ccccc1C=CC(=O)N[C@@H](C(=O)O)C(C)C. The van der Waals surface area contributed by atoms with Crippen molar-refractivity contribution in [1.82, 2.24) is 5.32 Å². The van der Waals surface area contributed by atoms with Crippen LogP contribution in [0.5, 0.6) is 5.75 Å². The maximum Gasteiger partial charge on any atom is 0.326 e. The Bertz CT molecular complexity index is 523. The summed E-state index contributed by atoms with van der Waals surface area (Å²) < 4.78 is 5.45. The van der Waals surface area contributed by atoms with E-state index in [9.17, 15) is 9.59 Å². The average molecular weight is 291 g/mol. The molecule has 2 N–H and O–H groups in total. The summed E-state index contributed by atoms with van der Waals surface area (Å²) in [6, 6.07) is 6.43. The summed E-state index contributed by atoms with van der Waals surface area (Å²) in [5.74, 6) is -0.984. The molecule has 5 heteroatoms. The standard InChI is InChI=1S/C16H21NO4/c1-4-21-13-8-6-5-7-12(13)9-10-14(18)17-15(11(2)3)16(19)20/h5-11,15H,4H2,1-3H3,(H,17,18)(H,19,20)/t15-/m1/s1. The quantitative estimate of drug-likeness (QED) is 0.756. The van der Waals surface area contributed by atoms with Crippen LogP contribution in [0.3, 0.4) is 0 Å². The zero-order valence-corrected chi connectivity index (χ0v) is 12.5. The number of nitrogens with one attached hydrogen (secondary N) is 1. The van der Waals surface area contributed by atoms with Crippen LogP contribution in [0.15, 0.2) is 30.3 Å². The molecule has 0 saturated heterocycles. The van der Waals surface area contributed by atoms with Gasteiger partial charge in [0.25, 0.3) is 0 Å². The van der Waals surface area contributed by atoms with Crippen LogP contribution in [0.2, 0.25) is 0 Å². The van der Waals surface area contributed by atoms with Crippen molar-refractivity contribution >= 4 is 18.0 Å². The molecular formula is C16H21NO4. The monoisotopic (exact) mass is 291 g/mol. The molecule has 0 aliphatic rings. The largest absolute Gasteiger partial charge is 0.493 e. The van der Waals surface area contributed by atoms with Crippen LogP contribution in [0, 0.1) is 5.92 Å². The molecule has 0 unspecified atom stereocenters. The summed E-state index contributed by atoms with van der Waals surface area (Å²) in [4.78, 5) is 22.8. The van der Waals surface area contributed by atoms with Crippen molar-refractivity contribution < 1.29 is 19.4 Å². The number of rotatable bonds is 7. The summed E-state index contributed by atoms with van der Waals surface area (Å²) in [6.45, 7) is 5.90. The summed E-state index contributed by atoms with van der Waals surface area (Å²) in [5.41, 5.74) is 0.769. The van der Waals surface area contributed by atoms with Crippen LogP contribution in [0.25, 0.3) is 6.08 Å². The van der Waals surface area contributed by atoms with E-state index in [2.05, 4.69) is 5.32 Å². The van der Waals surface area contributed by atoms with Crippen molar-refractivity contribution in [2.75, 3.05) is 6.61 Å². The highest BCUT2D eigenvalue weighted by Crippen LogP contribution is 2.19. The maximum absolute atomic E-state index is 11.8. The number of carboxylic acid groups (broad SMARTS) is 1. The Morgan fingerprint density at radius 2 is 2.00 bits per heavy atom. The van der Waals surface area contributed by atoms with Crippen LogP contribution in [0.4, 0.5) is 0 Å². The van der Waals surface area contributed by atoms with Gasteiger partial charge in [-0.25, -0.2) is 4.79 Å². The van der Waals surface area contributed by atoms with E-state index < -0.39 is 17.9 Å². The van der Waals surface area contributed by atoms with E-state index in [0.29, 0.717) is 12.4 Å². The van der Waals surface area contributed by atoms with Gasteiger partial charge in [0.05, 0.1) is 6.61 Å². The number of aliphatic carboxylic acids is 1. The topological polar surface area (TPSA) is 75.6 Å². The van der Waals surface area contributed by atoms with E-state index in [1.807, 2.05) is 31.2 Å². The summed E-state index contributed by atoms with van der Waals surface area (Å²) >= 11 is 0. The zero-order valence-electron chi connectivity index (χ0n) is 12.5. The zero-order chi connectivity index (χ0) is 15.8. The molecule has 0 heterocycles. The van der Waals surface area contributed by atoms with Gasteiger partial charge in [-0.1, -0.05) is 32.0 Å². The van der Waals surface area contributed by atoms with Crippen LogP contribution in [0.1, 0.15) is 26.3 Å². The molecular weight excluding hydrogens is 270 g/mol. The van der Waals surface area contributed by atoms with E-state index in [1.54, 1.807) is 19.9 Å². The number of benzene rings is 1. The van der Waals surface area contributed by atoms with Gasteiger partial charge >= 0.3 is 5.97 Å². The second-order valence-corrected chi connectivity index (χ2v) is 4.87. The third-order valence-corrected chi connectivity index (χ3v) is 2.86. The number of hydrogen-bond donors (Lipinski definition) is 2. The van der Waals surface area contributed by atoms with Gasteiger partial charge in [-0.2, -0.15) is 0 Å². The van der Waals surface area contributed by atoms with Gasteiger partial charge in [0.1, 0.15) is 11.8 Å². The highest BCUT2D eigenvalue weighted by atomic mass is 16.5. The van der Waals surface area contributed by atoms with Crippen LogP contribution < -0.4 is 10.1 Å². The highest BCUT2D eigenvalue weighted by molar-refractivity contribution is 5.94. The first-order valence-electron chi connectivity index (χ1n) is 6.89. The fourth-order valence-electron chi connectivity index (χ4n) is 1.79. The van der Waals surface area contributed by atoms with Gasteiger partial charge in [0, 0.05) is 11.6 Å². The first kappa shape index (κ1) is 16.8. The van der Waals surface area contributed by atoms with Gasteiger partial charge in [-0.15, -0.1) is 0 Å². The smallest absolute Gasteiger partial charge is 0.326 e. The molecule has 0 aliphatic heterocycles. The molecule has 0 aliphatic carbocycles. The Balaban J connectivity index is 2.76. The Hall–Kier alpha value is -2.30. The number of carboxylic acids is 1. The summed E-state index contributed by atoms with van der Waals surface area (Å²) in [5, 5.41) is 11.5. The number of hydrogen-bond acceptors (Lipinski definition) is 3.